The Balaban J connectivity index is 0.000000770. The number of allylic oxidation sites excluding steroid dienone is 8. The molecule has 1 rings (SSSR count). The van der Waals surface area contributed by atoms with E-state index in [1.165, 1.54) is 28.7 Å². The molecule has 0 fully saturated rings. The Kier molecular flexibility index (Phi) is 7.29. The van der Waals surface area contributed by atoms with Crippen LogP contribution in [-0.4, -0.2) is 0 Å². The van der Waals surface area contributed by atoms with E-state index < -0.39 is 0 Å². The second-order valence-electron chi connectivity index (χ2n) is 4.54. The molecule has 0 saturated heterocycles. The molecule has 0 bridgehead atoms. The van der Waals surface area contributed by atoms with Crippen LogP contribution in [0.1, 0.15) is 47.5 Å². The summed E-state index contributed by atoms with van der Waals surface area (Å²) < 4.78 is 0. The Morgan fingerprint density at radius 3 is 2.35 bits per heavy atom. The SMILES string of the molecule is C=C1C/C(=C/C(C)=C\C)C(=C)C=C1C.CCC. The van der Waals surface area contributed by atoms with Crippen molar-refractivity contribution in [1.82, 2.24) is 0 Å². The second kappa shape index (κ2) is 7.89. The fourth-order valence-corrected chi connectivity index (χ4v) is 1.44. The second-order valence-corrected chi connectivity index (χ2v) is 4.54. The molecule has 0 aromatic heterocycles. The maximum Gasteiger partial charge on any atom is -0.00232 e. The minimum Gasteiger partial charge on any atom is -0.0952 e. The standard InChI is InChI=1S/C14H18.C3H8/c1-6-10(2)7-14-9-12(4)11(3)8-13(14)5;1-3-2/h6-8H,4-5,9H2,1-3H3;3H2,1-2H3/b10-6-,14-7-;. The van der Waals surface area contributed by atoms with Crippen molar-refractivity contribution in [2.75, 3.05) is 0 Å². The van der Waals surface area contributed by atoms with Gasteiger partial charge in [0.1, 0.15) is 0 Å². The maximum absolute atomic E-state index is 4.05. The third-order valence-corrected chi connectivity index (χ3v) is 2.62. The van der Waals surface area contributed by atoms with E-state index in [2.05, 4.69) is 59.1 Å². The summed E-state index contributed by atoms with van der Waals surface area (Å²) in [4.78, 5) is 0. The van der Waals surface area contributed by atoms with E-state index in [0.29, 0.717) is 0 Å². The molecular weight excluding hydrogens is 204 g/mol. The van der Waals surface area contributed by atoms with E-state index >= 15 is 0 Å². The smallest absolute Gasteiger partial charge is 0.00232 e. The summed E-state index contributed by atoms with van der Waals surface area (Å²) in [6.07, 6.45) is 8.59. The molecular formula is C17H26. The van der Waals surface area contributed by atoms with Crippen LogP contribution in [0.5, 0.6) is 0 Å². The van der Waals surface area contributed by atoms with Gasteiger partial charge in [-0.05, 0) is 49.5 Å². The van der Waals surface area contributed by atoms with Crippen LogP contribution in [0.4, 0.5) is 0 Å². The Morgan fingerprint density at radius 2 is 1.88 bits per heavy atom. The van der Waals surface area contributed by atoms with Crippen LogP contribution in [0.2, 0.25) is 0 Å². The summed E-state index contributed by atoms with van der Waals surface area (Å²) in [6, 6.07) is 0. The van der Waals surface area contributed by atoms with Gasteiger partial charge < -0.3 is 0 Å². The van der Waals surface area contributed by atoms with E-state index in [9.17, 15) is 0 Å². The van der Waals surface area contributed by atoms with Gasteiger partial charge in [-0.25, -0.2) is 0 Å². The molecule has 0 aliphatic heterocycles. The van der Waals surface area contributed by atoms with Crippen molar-refractivity contribution < 1.29 is 0 Å². The first-order valence-electron chi connectivity index (χ1n) is 6.35. The van der Waals surface area contributed by atoms with Crippen LogP contribution in [0.3, 0.4) is 0 Å². The van der Waals surface area contributed by atoms with Gasteiger partial charge in [0.15, 0.2) is 0 Å². The largest absolute Gasteiger partial charge is 0.0952 e. The normalized spacial score (nSPS) is 18.8. The van der Waals surface area contributed by atoms with Crippen molar-refractivity contribution in [3.8, 4) is 0 Å². The highest BCUT2D eigenvalue weighted by Gasteiger charge is 2.11. The van der Waals surface area contributed by atoms with E-state index in [0.717, 1.165) is 12.0 Å². The Labute approximate surface area is 107 Å². The predicted octanol–water partition coefficient (Wildman–Crippen LogP) is 5.76. The number of hydrogen-bond acceptors (Lipinski definition) is 0. The summed E-state index contributed by atoms with van der Waals surface area (Å²) in [5.41, 5.74) is 6.15. The summed E-state index contributed by atoms with van der Waals surface area (Å²) in [6.45, 7) is 18.6. The lowest BCUT2D eigenvalue weighted by Gasteiger charge is -2.18. The average Bonchev–Trinajstić information content (AvgIpc) is 2.26. The monoisotopic (exact) mass is 230 g/mol. The lowest BCUT2D eigenvalue weighted by molar-refractivity contribution is 1.09. The minimum absolute atomic E-state index is 0.937. The van der Waals surface area contributed by atoms with Crippen LogP contribution in [-0.2, 0) is 0 Å². The topological polar surface area (TPSA) is 0 Å². The summed E-state index contributed by atoms with van der Waals surface area (Å²) in [7, 11) is 0. The highest BCUT2D eigenvalue weighted by Crippen LogP contribution is 2.30. The minimum atomic E-state index is 0.937. The summed E-state index contributed by atoms with van der Waals surface area (Å²) in [5, 5.41) is 0. The van der Waals surface area contributed by atoms with E-state index in [4.69, 9.17) is 0 Å². The van der Waals surface area contributed by atoms with E-state index in [1.807, 2.05) is 6.92 Å². The molecule has 0 aromatic carbocycles. The molecule has 17 heavy (non-hydrogen) atoms. The lowest BCUT2D eigenvalue weighted by Crippen LogP contribution is -1.98. The predicted molar refractivity (Wildman–Crippen MR) is 80.1 cm³/mol. The summed E-state index contributed by atoms with van der Waals surface area (Å²) >= 11 is 0. The van der Waals surface area contributed by atoms with Crippen LogP contribution >= 0.6 is 0 Å². The van der Waals surface area contributed by atoms with Gasteiger partial charge in [-0.3, -0.25) is 0 Å². The Hall–Kier alpha value is -1.30. The third-order valence-electron chi connectivity index (χ3n) is 2.62. The highest BCUT2D eigenvalue weighted by atomic mass is 14.2. The molecule has 0 unspecified atom stereocenters. The number of hydrogen-bond donors (Lipinski definition) is 0. The zero-order valence-electron chi connectivity index (χ0n) is 12.1. The van der Waals surface area contributed by atoms with Crippen molar-refractivity contribution in [2.24, 2.45) is 0 Å². The zero-order valence-corrected chi connectivity index (χ0v) is 12.1. The van der Waals surface area contributed by atoms with Crippen molar-refractivity contribution >= 4 is 0 Å². The molecule has 0 amide bonds. The first-order valence-corrected chi connectivity index (χ1v) is 6.35. The van der Waals surface area contributed by atoms with Crippen molar-refractivity contribution in [3.63, 3.8) is 0 Å². The first-order chi connectivity index (χ1) is 7.96. The molecule has 0 atom stereocenters. The van der Waals surface area contributed by atoms with Crippen LogP contribution < -0.4 is 0 Å². The average molecular weight is 230 g/mol. The molecule has 0 nitrogen and oxygen atoms in total. The van der Waals surface area contributed by atoms with Crippen LogP contribution in [0.15, 0.2) is 59.3 Å². The third kappa shape index (κ3) is 5.53. The van der Waals surface area contributed by atoms with Crippen molar-refractivity contribution in [2.45, 2.75) is 47.5 Å². The zero-order chi connectivity index (χ0) is 13.4. The molecule has 0 heteroatoms. The fraction of sp³-hybridized carbons (Fsp3) is 0.412. The van der Waals surface area contributed by atoms with Gasteiger partial charge in [-0.15, -0.1) is 0 Å². The molecule has 0 spiro atoms. The Morgan fingerprint density at radius 1 is 1.35 bits per heavy atom. The van der Waals surface area contributed by atoms with Gasteiger partial charge in [-0.1, -0.05) is 57.2 Å². The number of rotatable bonds is 1. The molecule has 0 aromatic rings. The molecule has 0 heterocycles. The molecule has 0 radical (unpaired) electrons. The van der Waals surface area contributed by atoms with E-state index in [1.54, 1.807) is 0 Å². The quantitative estimate of drug-likeness (QED) is 0.537. The fourth-order valence-electron chi connectivity index (χ4n) is 1.44. The first kappa shape index (κ1) is 15.7. The van der Waals surface area contributed by atoms with Gasteiger partial charge in [0, 0.05) is 0 Å². The lowest BCUT2D eigenvalue weighted by atomic mass is 9.87. The van der Waals surface area contributed by atoms with Gasteiger partial charge in [0.2, 0.25) is 0 Å². The van der Waals surface area contributed by atoms with Crippen LogP contribution in [0, 0.1) is 0 Å². The van der Waals surface area contributed by atoms with Gasteiger partial charge in [0.25, 0.3) is 0 Å². The Bertz CT molecular complexity index is 373. The van der Waals surface area contributed by atoms with Gasteiger partial charge in [-0.2, -0.15) is 0 Å². The summed E-state index contributed by atoms with van der Waals surface area (Å²) in [5.74, 6) is 0. The van der Waals surface area contributed by atoms with E-state index in [-0.39, 0.29) is 0 Å². The molecule has 1 aliphatic carbocycles. The molecule has 1 aliphatic rings. The highest BCUT2D eigenvalue weighted by molar-refractivity contribution is 5.53. The van der Waals surface area contributed by atoms with Crippen molar-refractivity contribution in [3.05, 3.63) is 59.3 Å². The maximum atomic E-state index is 4.05. The molecule has 94 valence electrons. The van der Waals surface area contributed by atoms with Crippen molar-refractivity contribution in [1.29, 1.82) is 0 Å². The van der Waals surface area contributed by atoms with Gasteiger partial charge >= 0.3 is 0 Å². The van der Waals surface area contributed by atoms with Crippen LogP contribution in [0.25, 0.3) is 0 Å². The molecule has 0 N–H and O–H groups in total. The molecule has 0 saturated carbocycles. The van der Waals surface area contributed by atoms with Gasteiger partial charge in [0.05, 0.1) is 0 Å².